The Bertz CT molecular complexity index is 433. The molecule has 0 aliphatic heterocycles. The molecule has 0 unspecified atom stereocenters. The highest BCUT2D eigenvalue weighted by molar-refractivity contribution is 5.81. The molecule has 0 saturated heterocycles. The van der Waals surface area contributed by atoms with Gasteiger partial charge in [0.25, 0.3) is 0 Å². The quantitative estimate of drug-likeness (QED) is 0.800. The fraction of sp³-hybridized carbons (Fsp3) is 0.615. The van der Waals surface area contributed by atoms with Gasteiger partial charge in [-0.15, -0.1) is 0 Å². The third-order valence-corrected chi connectivity index (χ3v) is 2.47. The number of likely N-dealkylation sites (N-methyl/N-ethyl adjacent to an activating group) is 1. The van der Waals surface area contributed by atoms with Gasteiger partial charge in [-0.05, 0) is 20.3 Å². The summed E-state index contributed by atoms with van der Waals surface area (Å²) in [6.45, 7) is 6.17. The number of hydrogen-bond acceptors (Lipinski definition) is 5. The van der Waals surface area contributed by atoms with Crippen molar-refractivity contribution in [3.05, 3.63) is 11.9 Å². The lowest BCUT2D eigenvalue weighted by atomic mass is 10.3. The van der Waals surface area contributed by atoms with E-state index in [0.717, 1.165) is 12.8 Å². The maximum absolute atomic E-state index is 11.7. The van der Waals surface area contributed by atoms with Crippen LogP contribution in [0.3, 0.4) is 0 Å². The lowest BCUT2D eigenvalue weighted by Crippen LogP contribution is -2.39. The van der Waals surface area contributed by atoms with Crippen molar-refractivity contribution < 1.29 is 4.79 Å². The van der Waals surface area contributed by atoms with E-state index in [4.69, 9.17) is 5.73 Å². The van der Waals surface area contributed by atoms with Crippen LogP contribution >= 0.6 is 0 Å². The lowest BCUT2D eigenvalue weighted by molar-refractivity contribution is -0.120. The Balaban J connectivity index is 2.75. The molecule has 1 aromatic rings. The molecular weight excluding hydrogens is 242 g/mol. The van der Waals surface area contributed by atoms with Crippen molar-refractivity contribution in [2.45, 2.75) is 39.7 Å². The van der Waals surface area contributed by atoms with E-state index >= 15 is 0 Å². The first-order valence-corrected chi connectivity index (χ1v) is 6.56. The highest BCUT2D eigenvalue weighted by Crippen LogP contribution is 2.13. The molecule has 106 valence electrons. The normalized spacial score (nSPS) is 10.6. The number of aryl methyl sites for hydroxylation is 1. The molecule has 0 aliphatic carbocycles. The lowest BCUT2D eigenvalue weighted by Gasteiger charge is -2.19. The van der Waals surface area contributed by atoms with Gasteiger partial charge >= 0.3 is 0 Å². The molecule has 0 aromatic carbocycles. The second-order valence-corrected chi connectivity index (χ2v) is 4.90. The fourth-order valence-corrected chi connectivity index (χ4v) is 1.70. The first-order valence-electron chi connectivity index (χ1n) is 6.56. The van der Waals surface area contributed by atoms with E-state index in [-0.39, 0.29) is 18.5 Å². The molecule has 6 heteroatoms. The topological polar surface area (TPSA) is 84.1 Å². The highest BCUT2D eigenvalue weighted by Gasteiger charge is 2.11. The van der Waals surface area contributed by atoms with Gasteiger partial charge < -0.3 is 16.0 Å². The minimum absolute atomic E-state index is 0.0354. The van der Waals surface area contributed by atoms with Crippen LogP contribution in [0.1, 0.15) is 33.0 Å². The zero-order valence-electron chi connectivity index (χ0n) is 12.1. The summed E-state index contributed by atoms with van der Waals surface area (Å²) < 4.78 is 0. The van der Waals surface area contributed by atoms with Crippen LogP contribution in [-0.4, -0.2) is 35.5 Å². The SMILES string of the molecule is CCCc1nc(N)cc(N(C)CC(=O)NC(C)C)n1. The molecule has 1 amide bonds. The van der Waals surface area contributed by atoms with Crippen LogP contribution in [0, 0.1) is 0 Å². The summed E-state index contributed by atoms with van der Waals surface area (Å²) in [6, 6.07) is 1.81. The smallest absolute Gasteiger partial charge is 0.239 e. The monoisotopic (exact) mass is 265 g/mol. The molecule has 6 nitrogen and oxygen atoms in total. The molecule has 0 spiro atoms. The summed E-state index contributed by atoms with van der Waals surface area (Å²) >= 11 is 0. The maximum atomic E-state index is 11.7. The van der Waals surface area contributed by atoms with Crippen LogP contribution in [0.25, 0.3) is 0 Å². The number of aromatic nitrogens is 2. The summed E-state index contributed by atoms with van der Waals surface area (Å²) in [5.41, 5.74) is 5.76. The third kappa shape index (κ3) is 5.11. The van der Waals surface area contributed by atoms with Crippen LogP contribution in [0.5, 0.6) is 0 Å². The van der Waals surface area contributed by atoms with Crippen LogP contribution in [0.4, 0.5) is 11.6 Å². The third-order valence-electron chi connectivity index (χ3n) is 2.47. The number of nitrogen functional groups attached to an aromatic ring is 1. The number of carbonyl (C=O) groups excluding carboxylic acids is 1. The van der Waals surface area contributed by atoms with Crippen molar-refractivity contribution in [2.75, 3.05) is 24.2 Å². The van der Waals surface area contributed by atoms with Gasteiger partial charge in [-0.1, -0.05) is 6.92 Å². The summed E-state index contributed by atoms with van der Waals surface area (Å²) in [5, 5.41) is 2.84. The van der Waals surface area contributed by atoms with E-state index in [0.29, 0.717) is 17.5 Å². The van der Waals surface area contributed by atoms with Gasteiger partial charge in [-0.3, -0.25) is 4.79 Å². The number of anilines is 2. The molecule has 0 radical (unpaired) electrons. The molecule has 0 aliphatic rings. The van der Waals surface area contributed by atoms with Crippen LogP contribution < -0.4 is 16.0 Å². The molecule has 19 heavy (non-hydrogen) atoms. The summed E-state index contributed by atoms with van der Waals surface area (Å²) in [6.07, 6.45) is 1.74. The van der Waals surface area contributed by atoms with E-state index < -0.39 is 0 Å². The number of rotatable bonds is 6. The average Bonchev–Trinajstić information content (AvgIpc) is 2.27. The van der Waals surface area contributed by atoms with Crippen LogP contribution in [-0.2, 0) is 11.2 Å². The second kappa shape index (κ2) is 6.92. The first kappa shape index (κ1) is 15.2. The molecule has 1 aromatic heterocycles. The maximum Gasteiger partial charge on any atom is 0.239 e. The zero-order valence-corrected chi connectivity index (χ0v) is 12.1. The van der Waals surface area contributed by atoms with Crippen molar-refractivity contribution in [3.8, 4) is 0 Å². The summed E-state index contributed by atoms with van der Waals surface area (Å²) in [5.74, 6) is 1.79. The first-order chi connectivity index (χ1) is 8.92. The van der Waals surface area contributed by atoms with E-state index in [1.807, 2.05) is 20.9 Å². The Morgan fingerprint density at radius 1 is 1.47 bits per heavy atom. The average molecular weight is 265 g/mol. The van der Waals surface area contributed by atoms with Crippen molar-refractivity contribution in [3.63, 3.8) is 0 Å². The summed E-state index contributed by atoms with van der Waals surface area (Å²) in [7, 11) is 1.82. The number of nitrogens with zero attached hydrogens (tertiary/aromatic N) is 3. The van der Waals surface area contributed by atoms with Gasteiger partial charge in [0.05, 0.1) is 6.54 Å². The molecule has 1 heterocycles. The minimum atomic E-state index is -0.0354. The van der Waals surface area contributed by atoms with Gasteiger partial charge in [0, 0.05) is 25.6 Å². The van der Waals surface area contributed by atoms with Gasteiger partial charge in [0.1, 0.15) is 17.5 Å². The Morgan fingerprint density at radius 2 is 2.16 bits per heavy atom. The second-order valence-electron chi connectivity index (χ2n) is 4.90. The van der Waals surface area contributed by atoms with E-state index in [2.05, 4.69) is 22.2 Å². The molecule has 0 atom stereocenters. The van der Waals surface area contributed by atoms with Crippen LogP contribution in [0.2, 0.25) is 0 Å². The molecule has 0 bridgehead atoms. The van der Waals surface area contributed by atoms with Gasteiger partial charge in [-0.25, -0.2) is 9.97 Å². The van der Waals surface area contributed by atoms with Gasteiger partial charge in [-0.2, -0.15) is 0 Å². The highest BCUT2D eigenvalue weighted by atomic mass is 16.2. The predicted molar refractivity (Wildman–Crippen MR) is 77.0 cm³/mol. The molecular formula is C13H23N5O. The number of hydrogen-bond donors (Lipinski definition) is 2. The van der Waals surface area contributed by atoms with Gasteiger partial charge in [0.15, 0.2) is 0 Å². The number of carbonyl (C=O) groups is 1. The minimum Gasteiger partial charge on any atom is -0.384 e. The predicted octanol–water partition coefficient (Wildman–Crippen LogP) is 0.972. The van der Waals surface area contributed by atoms with Gasteiger partial charge in [0.2, 0.25) is 5.91 Å². The van der Waals surface area contributed by atoms with Crippen molar-refractivity contribution in [1.82, 2.24) is 15.3 Å². The summed E-state index contributed by atoms with van der Waals surface area (Å²) in [4.78, 5) is 22.1. The van der Waals surface area contributed by atoms with Crippen molar-refractivity contribution >= 4 is 17.5 Å². The Labute approximate surface area is 114 Å². The number of nitrogens with one attached hydrogen (secondary N) is 1. The largest absolute Gasteiger partial charge is 0.384 e. The van der Waals surface area contributed by atoms with E-state index in [1.54, 1.807) is 11.0 Å². The van der Waals surface area contributed by atoms with E-state index in [9.17, 15) is 4.79 Å². The molecule has 0 saturated carbocycles. The zero-order chi connectivity index (χ0) is 14.4. The molecule has 1 rings (SSSR count). The van der Waals surface area contributed by atoms with Crippen molar-refractivity contribution in [1.29, 1.82) is 0 Å². The molecule has 3 N–H and O–H groups in total. The Kier molecular flexibility index (Phi) is 5.54. The number of nitrogens with two attached hydrogens (primary N) is 1. The van der Waals surface area contributed by atoms with E-state index in [1.165, 1.54) is 0 Å². The number of amides is 1. The molecule has 0 fully saturated rings. The van der Waals surface area contributed by atoms with Crippen LogP contribution in [0.15, 0.2) is 6.07 Å². The Morgan fingerprint density at radius 3 is 2.74 bits per heavy atom. The standard InChI is InChI=1S/C13H23N5O/c1-5-6-11-16-10(14)7-12(17-11)18(4)8-13(19)15-9(2)3/h7,9H,5-6,8H2,1-4H3,(H,15,19)(H2,14,16,17). The Hall–Kier alpha value is -1.85. The fourth-order valence-electron chi connectivity index (χ4n) is 1.70. The van der Waals surface area contributed by atoms with Crippen molar-refractivity contribution in [2.24, 2.45) is 0 Å².